The van der Waals surface area contributed by atoms with Crippen molar-refractivity contribution in [2.75, 3.05) is 6.61 Å². The minimum Gasteiger partial charge on any atom is -0.494 e. The molecule has 0 aliphatic rings. The number of carbonyl (C=O) groups excluding carboxylic acids is 1. The van der Waals surface area contributed by atoms with E-state index in [1.165, 1.54) is 11.3 Å². The van der Waals surface area contributed by atoms with Gasteiger partial charge in [0.15, 0.2) is 4.80 Å². The van der Waals surface area contributed by atoms with Gasteiger partial charge in [0.25, 0.3) is 5.91 Å². The molecule has 0 saturated heterocycles. The van der Waals surface area contributed by atoms with Gasteiger partial charge < -0.3 is 9.30 Å². The fraction of sp³-hybridized carbons (Fsp3) is 0.130. The summed E-state index contributed by atoms with van der Waals surface area (Å²) in [4.78, 5) is 18.1. The van der Waals surface area contributed by atoms with E-state index in [0.29, 0.717) is 23.5 Å². The zero-order valence-corrected chi connectivity index (χ0v) is 16.4. The minimum absolute atomic E-state index is 0.244. The van der Waals surface area contributed by atoms with Crippen molar-refractivity contribution in [2.24, 2.45) is 4.99 Å². The Kier molecular flexibility index (Phi) is 5.08. The van der Waals surface area contributed by atoms with Gasteiger partial charge >= 0.3 is 0 Å². The second-order valence-electron chi connectivity index (χ2n) is 6.29. The zero-order valence-electron chi connectivity index (χ0n) is 15.6. The number of ether oxygens (including phenoxy) is 1. The molecule has 4 nitrogen and oxygen atoms in total. The number of nitrogens with zero attached hydrogens (tertiary/aromatic N) is 2. The average molecular weight is 388 g/mol. The third-order valence-corrected chi connectivity index (χ3v) is 5.54. The summed E-state index contributed by atoms with van der Waals surface area (Å²) in [5, 5.41) is 1.94. The molecular formula is C23H20N2O2S. The number of hydrogen-bond donors (Lipinski definition) is 0. The first kappa shape index (κ1) is 18.2. The molecule has 0 N–H and O–H groups in total. The van der Waals surface area contributed by atoms with Crippen molar-refractivity contribution in [3.8, 4) is 5.75 Å². The molecule has 1 aromatic heterocycles. The second kappa shape index (κ2) is 7.82. The van der Waals surface area contributed by atoms with E-state index < -0.39 is 0 Å². The van der Waals surface area contributed by atoms with Crippen molar-refractivity contribution in [2.45, 2.75) is 13.5 Å². The summed E-state index contributed by atoms with van der Waals surface area (Å²) in [7, 11) is 0. The van der Waals surface area contributed by atoms with Gasteiger partial charge in [-0.1, -0.05) is 53.8 Å². The van der Waals surface area contributed by atoms with Crippen molar-refractivity contribution >= 4 is 38.2 Å². The third kappa shape index (κ3) is 3.37. The zero-order chi connectivity index (χ0) is 19.5. The minimum atomic E-state index is -0.244. The highest BCUT2D eigenvalue weighted by atomic mass is 32.1. The van der Waals surface area contributed by atoms with Crippen LogP contribution in [0.4, 0.5) is 0 Å². The van der Waals surface area contributed by atoms with E-state index in [0.717, 1.165) is 26.7 Å². The molecule has 0 spiro atoms. The lowest BCUT2D eigenvalue weighted by atomic mass is 10.0. The van der Waals surface area contributed by atoms with Crippen molar-refractivity contribution in [3.63, 3.8) is 0 Å². The first-order valence-electron chi connectivity index (χ1n) is 9.15. The van der Waals surface area contributed by atoms with Crippen LogP contribution >= 0.6 is 11.3 Å². The molecule has 0 radical (unpaired) electrons. The molecule has 4 aromatic rings. The number of amides is 1. The molecule has 0 unspecified atom stereocenters. The van der Waals surface area contributed by atoms with Crippen LogP contribution in [0.15, 0.2) is 78.3 Å². The van der Waals surface area contributed by atoms with Crippen LogP contribution in [0.25, 0.3) is 21.0 Å². The fourth-order valence-corrected chi connectivity index (χ4v) is 4.33. The molecule has 3 aromatic carbocycles. The van der Waals surface area contributed by atoms with Crippen LogP contribution in [0.2, 0.25) is 0 Å². The predicted molar refractivity (Wildman–Crippen MR) is 115 cm³/mol. The Hall–Kier alpha value is -3.18. The second-order valence-corrected chi connectivity index (χ2v) is 7.30. The molecule has 1 amide bonds. The van der Waals surface area contributed by atoms with E-state index in [1.54, 1.807) is 0 Å². The molecular weight excluding hydrogens is 368 g/mol. The van der Waals surface area contributed by atoms with Crippen LogP contribution in [0.3, 0.4) is 0 Å². The molecule has 140 valence electrons. The van der Waals surface area contributed by atoms with Gasteiger partial charge in [-0.2, -0.15) is 4.99 Å². The Labute approximate surface area is 167 Å². The summed E-state index contributed by atoms with van der Waals surface area (Å²) in [5.41, 5.74) is 1.62. The van der Waals surface area contributed by atoms with Gasteiger partial charge in [0, 0.05) is 12.1 Å². The summed E-state index contributed by atoms with van der Waals surface area (Å²) in [6, 6.07) is 19.5. The van der Waals surface area contributed by atoms with Crippen molar-refractivity contribution in [3.05, 3.63) is 83.7 Å². The smallest absolute Gasteiger partial charge is 0.280 e. The van der Waals surface area contributed by atoms with E-state index in [2.05, 4.69) is 11.6 Å². The summed E-state index contributed by atoms with van der Waals surface area (Å²) in [6.07, 6.45) is 1.81. The quantitative estimate of drug-likeness (QED) is 0.442. The number of fused-ring (bicyclic) bond motifs is 2. The molecule has 0 atom stereocenters. The molecule has 28 heavy (non-hydrogen) atoms. The SMILES string of the molecule is C=CCn1c(=NC(=O)c2cccc3ccccc23)sc2cc(OCC)ccc21. The van der Waals surface area contributed by atoms with Gasteiger partial charge in [-0.15, -0.1) is 6.58 Å². The topological polar surface area (TPSA) is 43.6 Å². The third-order valence-electron chi connectivity index (χ3n) is 4.49. The highest BCUT2D eigenvalue weighted by molar-refractivity contribution is 7.16. The van der Waals surface area contributed by atoms with E-state index in [1.807, 2.05) is 78.2 Å². The van der Waals surface area contributed by atoms with Crippen LogP contribution < -0.4 is 9.54 Å². The van der Waals surface area contributed by atoms with Gasteiger partial charge in [-0.05, 0) is 42.0 Å². The maximum absolute atomic E-state index is 13.0. The Balaban J connectivity index is 1.86. The van der Waals surface area contributed by atoms with Gasteiger partial charge in [-0.3, -0.25) is 4.79 Å². The van der Waals surface area contributed by atoms with Crippen LogP contribution in [0.5, 0.6) is 5.75 Å². The van der Waals surface area contributed by atoms with Crippen LogP contribution in [-0.4, -0.2) is 17.1 Å². The maximum atomic E-state index is 13.0. The normalized spacial score (nSPS) is 11.8. The molecule has 1 heterocycles. The number of benzene rings is 3. The van der Waals surface area contributed by atoms with Crippen molar-refractivity contribution < 1.29 is 9.53 Å². The molecule has 0 fully saturated rings. The number of aromatic nitrogens is 1. The van der Waals surface area contributed by atoms with E-state index >= 15 is 0 Å². The van der Waals surface area contributed by atoms with Gasteiger partial charge in [0.05, 0.1) is 16.8 Å². The van der Waals surface area contributed by atoms with Gasteiger partial charge in [-0.25, -0.2) is 0 Å². The predicted octanol–water partition coefficient (Wildman–Crippen LogP) is 5.18. The van der Waals surface area contributed by atoms with Gasteiger partial charge in [0.1, 0.15) is 5.75 Å². The van der Waals surface area contributed by atoms with Crippen molar-refractivity contribution in [1.29, 1.82) is 0 Å². The Morgan fingerprint density at radius 3 is 2.82 bits per heavy atom. The van der Waals surface area contributed by atoms with E-state index in [9.17, 15) is 4.79 Å². The number of allylic oxidation sites excluding steroid dienone is 1. The first-order chi connectivity index (χ1) is 13.7. The Bertz CT molecular complexity index is 1250. The maximum Gasteiger partial charge on any atom is 0.280 e. The highest BCUT2D eigenvalue weighted by Crippen LogP contribution is 2.24. The summed E-state index contributed by atoms with van der Waals surface area (Å²) < 4.78 is 8.63. The fourth-order valence-electron chi connectivity index (χ4n) is 3.26. The highest BCUT2D eigenvalue weighted by Gasteiger charge is 2.12. The van der Waals surface area contributed by atoms with Crippen LogP contribution in [0, 0.1) is 0 Å². The monoisotopic (exact) mass is 388 g/mol. The number of carbonyl (C=O) groups is 1. The number of hydrogen-bond acceptors (Lipinski definition) is 3. The summed E-state index contributed by atoms with van der Waals surface area (Å²) in [6.45, 7) is 6.99. The Morgan fingerprint density at radius 2 is 2.00 bits per heavy atom. The molecule has 4 rings (SSSR count). The number of thiazole rings is 1. The molecule has 0 aliphatic carbocycles. The van der Waals surface area contributed by atoms with E-state index in [-0.39, 0.29) is 5.91 Å². The van der Waals surface area contributed by atoms with Gasteiger partial charge in [0.2, 0.25) is 0 Å². The average Bonchev–Trinajstić information content (AvgIpc) is 3.04. The molecule has 0 saturated carbocycles. The standard InChI is InChI=1S/C23H20N2O2S/c1-3-14-25-20-13-12-17(27-4-2)15-21(20)28-23(25)24-22(26)19-11-7-9-16-8-5-6-10-18(16)19/h3,5-13,15H,1,4,14H2,2H3. The molecule has 0 bridgehead atoms. The number of rotatable bonds is 5. The lowest BCUT2D eigenvalue weighted by Gasteiger charge is -2.04. The summed E-state index contributed by atoms with van der Waals surface area (Å²) >= 11 is 1.48. The first-order valence-corrected chi connectivity index (χ1v) is 9.97. The van der Waals surface area contributed by atoms with Crippen LogP contribution in [0.1, 0.15) is 17.3 Å². The van der Waals surface area contributed by atoms with Crippen LogP contribution in [-0.2, 0) is 6.54 Å². The lowest BCUT2D eigenvalue weighted by Crippen LogP contribution is -2.16. The van der Waals surface area contributed by atoms with E-state index in [4.69, 9.17) is 4.74 Å². The lowest BCUT2D eigenvalue weighted by molar-refractivity contribution is 0.0999. The Morgan fingerprint density at radius 1 is 1.18 bits per heavy atom. The van der Waals surface area contributed by atoms with Crippen molar-refractivity contribution in [1.82, 2.24) is 4.57 Å². The molecule has 5 heteroatoms. The largest absolute Gasteiger partial charge is 0.494 e. The summed E-state index contributed by atoms with van der Waals surface area (Å²) in [5.74, 6) is 0.570. The molecule has 0 aliphatic heterocycles.